The van der Waals surface area contributed by atoms with Gasteiger partial charge in [-0.3, -0.25) is 4.79 Å². The van der Waals surface area contributed by atoms with Crippen molar-refractivity contribution in [2.75, 3.05) is 0 Å². The highest BCUT2D eigenvalue weighted by Gasteiger charge is 2.12. The lowest BCUT2D eigenvalue weighted by Crippen LogP contribution is -2.14. The Kier molecular flexibility index (Phi) is 2.97. The van der Waals surface area contributed by atoms with Crippen LogP contribution in [0.2, 0.25) is 5.02 Å². The Balaban J connectivity index is 3.63. The zero-order valence-corrected chi connectivity index (χ0v) is 8.33. The van der Waals surface area contributed by atoms with E-state index in [1.807, 2.05) is 0 Å². The molecule has 1 aromatic rings. The molecule has 1 heterocycles. The Bertz CT molecular complexity index is 431. The smallest absolute Gasteiger partial charge is 0.266 e. The number of nitrogens with one attached hydrogen (secondary N) is 1. The van der Waals surface area contributed by atoms with Crippen LogP contribution in [0, 0.1) is 18.3 Å². The molecule has 1 N–H and O–H groups in total. The van der Waals surface area contributed by atoms with Crippen molar-refractivity contribution in [3.63, 3.8) is 0 Å². The highest BCUT2D eigenvalue weighted by atomic mass is 35.5. The normalized spacial score (nSPS) is 9.69. The predicted octanol–water partition coefficient (Wildman–Crippen LogP) is 1.95. The van der Waals surface area contributed by atoms with E-state index in [1.165, 1.54) is 0 Å². The monoisotopic (exact) mass is 216 g/mol. The molecule has 0 aromatic carbocycles. The lowest BCUT2D eigenvalue weighted by atomic mass is 10.1. The number of nitrogens with zero attached hydrogens (tertiary/aromatic N) is 1. The number of nitriles is 1. The molecule has 1 aromatic heterocycles. The van der Waals surface area contributed by atoms with Gasteiger partial charge in [0.1, 0.15) is 11.6 Å². The average Bonchev–Trinajstić information content (AvgIpc) is 2.10. The first kappa shape index (κ1) is 10.1. The van der Waals surface area contributed by atoms with Gasteiger partial charge >= 0.3 is 0 Å². The van der Waals surface area contributed by atoms with Gasteiger partial charge < -0.3 is 4.98 Å². The van der Waals surface area contributed by atoms with E-state index < -0.39 is 5.56 Å². The van der Waals surface area contributed by atoms with Crippen LogP contribution < -0.4 is 5.56 Å². The topological polar surface area (TPSA) is 56.6 Å². The number of pyridine rings is 1. The fourth-order valence-corrected chi connectivity index (χ4v) is 1.55. The Morgan fingerprint density at radius 2 is 2.23 bits per heavy atom. The molecule has 0 aliphatic carbocycles. The number of aromatic nitrogens is 1. The molecule has 3 nitrogen and oxygen atoms in total. The molecule has 0 aliphatic rings. The van der Waals surface area contributed by atoms with Gasteiger partial charge in [0.25, 0.3) is 5.56 Å². The second kappa shape index (κ2) is 3.82. The lowest BCUT2D eigenvalue weighted by molar-refractivity contribution is 1.10. The molecule has 0 amide bonds. The zero-order chi connectivity index (χ0) is 10.0. The van der Waals surface area contributed by atoms with Crippen LogP contribution in [-0.4, -0.2) is 4.98 Å². The fourth-order valence-electron chi connectivity index (χ4n) is 1.00. The molecule has 0 atom stereocenters. The minimum atomic E-state index is -0.444. The molecule has 0 unspecified atom stereocenters. The largest absolute Gasteiger partial charge is 0.324 e. The summed E-state index contributed by atoms with van der Waals surface area (Å²) in [6, 6.07) is 1.77. The SMILES string of the molecule is Cc1[nH]c(=O)c(C#N)c(CCl)c1Cl. The van der Waals surface area contributed by atoms with Gasteiger partial charge in [0, 0.05) is 11.3 Å². The predicted molar refractivity (Wildman–Crippen MR) is 51.1 cm³/mol. The number of H-pyrrole nitrogens is 1. The number of rotatable bonds is 1. The van der Waals surface area contributed by atoms with Crippen LogP contribution in [0.1, 0.15) is 16.8 Å². The van der Waals surface area contributed by atoms with Crippen LogP contribution in [-0.2, 0) is 5.88 Å². The van der Waals surface area contributed by atoms with Crippen molar-refractivity contribution in [1.29, 1.82) is 5.26 Å². The quantitative estimate of drug-likeness (QED) is 0.730. The van der Waals surface area contributed by atoms with E-state index in [0.29, 0.717) is 16.3 Å². The number of aromatic amines is 1. The van der Waals surface area contributed by atoms with Crippen molar-refractivity contribution in [2.45, 2.75) is 12.8 Å². The first-order chi connectivity index (χ1) is 6.11. The van der Waals surface area contributed by atoms with Crippen molar-refractivity contribution in [1.82, 2.24) is 4.98 Å². The molecule has 0 fully saturated rings. The summed E-state index contributed by atoms with van der Waals surface area (Å²) in [6.07, 6.45) is 0. The maximum atomic E-state index is 11.2. The van der Waals surface area contributed by atoms with E-state index in [2.05, 4.69) is 4.98 Å². The van der Waals surface area contributed by atoms with E-state index in [0.717, 1.165) is 0 Å². The molecular weight excluding hydrogens is 211 g/mol. The third-order valence-corrected chi connectivity index (χ3v) is 2.45. The second-order valence-electron chi connectivity index (χ2n) is 2.49. The van der Waals surface area contributed by atoms with Crippen LogP contribution in [0.25, 0.3) is 0 Å². The second-order valence-corrected chi connectivity index (χ2v) is 3.14. The van der Waals surface area contributed by atoms with Gasteiger partial charge in [-0.25, -0.2) is 0 Å². The molecule has 0 saturated heterocycles. The summed E-state index contributed by atoms with van der Waals surface area (Å²) in [4.78, 5) is 13.7. The molecule has 68 valence electrons. The summed E-state index contributed by atoms with van der Waals surface area (Å²) in [7, 11) is 0. The minimum absolute atomic E-state index is 0.00870. The third-order valence-electron chi connectivity index (χ3n) is 1.67. The first-order valence-corrected chi connectivity index (χ1v) is 4.40. The molecule has 0 saturated carbocycles. The molecule has 13 heavy (non-hydrogen) atoms. The van der Waals surface area contributed by atoms with Crippen molar-refractivity contribution in [3.05, 3.63) is 32.2 Å². The summed E-state index contributed by atoms with van der Waals surface area (Å²) in [5, 5.41) is 9.01. The van der Waals surface area contributed by atoms with Gasteiger partial charge in [-0.05, 0) is 6.92 Å². The number of halogens is 2. The summed E-state index contributed by atoms with van der Waals surface area (Å²) in [5.74, 6) is 0.0620. The van der Waals surface area contributed by atoms with Gasteiger partial charge in [0.05, 0.1) is 10.9 Å². The highest BCUT2D eigenvalue weighted by Crippen LogP contribution is 2.21. The molecule has 0 aliphatic heterocycles. The fraction of sp³-hybridized carbons (Fsp3) is 0.250. The Hall–Kier alpha value is -0.980. The minimum Gasteiger partial charge on any atom is -0.324 e. The number of aryl methyl sites for hydroxylation is 1. The van der Waals surface area contributed by atoms with Crippen LogP contribution >= 0.6 is 23.2 Å². The van der Waals surface area contributed by atoms with Crippen molar-refractivity contribution >= 4 is 23.2 Å². The third kappa shape index (κ3) is 1.69. The summed E-state index contributed by atoms with van der Waals surface area (Å²) >= 11 is 11.4. The summed E-state index contributed by atoms with van der Waals surface area (Å²) in [5.41, 5.74) is 0.471. The molecule has 5 heteroatoms. The Morgan fingerprint density at radius 3 is 2.69 bits per heavy atom. The summed E-state index contributed by atoms with van der Waals surface area (Å²) in [6.45, 7) is 1.65. The lowest BCUT2D eigenvalue weighted by Gasteiger charge is -2.04. The van der Waals surface area contributed by atoms with Crippen molar-refractivity contribution in [3.8, 4) is 6.07 Å². The molecule has 1 rings (SSSR count). The first-order valence-electron chi connectivity index (χ1n) is 3.49. The van der Waals surface area contributed by atoms with Crippen LogP contribution in [0.4, 0.5) is 0 Å². The average molecular weight is 217 g/mol. The maximum Gasteiger partial charge on any atom is 0.266 e. The molecule has 0 spiro atoms. The van der Waals surface area contributed by atoms with Gasteiger partial charge in [-0.15, -0.1) is 11.6 Å². The van der Waals surface area contributed by atoms with E-state index >= 15 is 0 Å². The van der Waals surface area contributed by atoms with Gasteiger partial charge in [-0.2, -0.15) is 5.26 Å². The highest BCUT2D eigenvalue weighted by molar-refractivity contribution is 6.33. The molecular formula is C8H6Cl2N2O. The molecule has 0 bridgehead atoms. The number of hydrogen-bond acceptors (Lipinski definition) is 2. The van der Waals surface area contributed by atoms with Crippen LogP contribution in [0.5, 0.6) is 0 Å². The van der Waals surface area contributed by atoms with Crippen LogP contribution in [0.3, 0.4) is 0 Å². The van der Waals surface area contributed by atoms with Crippen LogP contribution in [0.15, 0.2) is 4.79 Å². The van der Waals surface area contributed by atoms with Crippen molar-refractivity contribution < 1.29 is 0 Å². The zero-order valence-electron chi connectivity index (χ0n) is 6.82. The van der Waals surface area contributed by atoms with E-state index in [-0.39, 0.29) is 11.4 Å². The van der Waals surface area contributed by atoms with E-state index in [9.17, 15) is 4.79 Å². The number of alkyl halides is 1. The Morgan fingerprint density at radius 1 is 1.62 bits per heavy atom. The number of hydrogen-bond donors (Lipinski definition) is 1. The van der Waals surface area contributed by atoms with Gasteiger partial charge in [0.15, 0.2) is 0 Å². The maximum absolute atomic E-state index is 11.2. The van der Waals surface area contributed by atoms with E-state index in [4.69, 9.17) is 28.5 Å². The summed E-state index contributed by atoms with van der Waals surface area (Å²) < 4.78 is 0. The van der Waals surface area contributed by atoms with Gasteiger partial charge in [0.2, 0.25) is 0 Å². The molecule has 0 radical (unpaired) electrons. The van der Waals surface area contributed by atoms with E-state index in [1.54, 1.807) is 13.0 Å². The standard InChI is InChI=1S/C8H6Cl2N2O/c1-4-7(10)5(2-9)6(3-11)8(13)12-4/h2H2,1H3,(H,12,13). The van der Waals surface area contributed by atoms with Gasteiger partial charge in [-0.1, -0.05) is 11.6 Å². The van der Waals surface area contributed by atoms with Crippen molar-refractivity contribution in [2.24, 2.45) is 0 Å². The Labute approximate surface area is 84.9 Å².